The lowest BCUT2D eigenvalue weighted by molar-refractivity contribution is 0.802. The molecule has 3 heteroatoms. The molecule has 0 radical (unpaired) electrons. The molecule has 0 saturated carbocycles. The third kappa shape index (κ3) is 4.51. The maximum absolute atomic E-state index is 5.16. The Kier molecular flexibility index (Phi) is 6.84. The zero-order valence-corrected chi connectivity index (χ0v) is 30.9. The van der Waals surface area contributed by atoms with Crippen LogP contribution in [0, 0.1) is 0 Å². The highest BCUT2D eigenvalue weighted by Crippen LogP contribution is 2.65. The topological polar surface area (TPSA) is 38.7 Å². The molecular formula is C54H33N3. The minimum atomic E-state index is -0.527. The molecule has 9 aromatic carbocycles. The Morgan fingerprint density at radius 2 is 0.737 bits per heavy atom. The second-order valence-electron chi connectivity index (χ2n) is 15.0. The molecular weight excluding hydrogens is 691 g/mol. The molecule has 0 fully saturated rings. The third-order valence-electron chi connectivity index (χ3n) is 12.1. The van der Waals surface area contributed by atoms with E-state index in [1.54, 1.807) is 0 Å². The Balaban J connectivity index is 1.14. The molecule has 3 nitrogen and oxygen atoms in total. The average molecular weight is 724 g/mol. The Hall–Kier alpha value is -7.49. The van der Waals surface area contributed by atoms with Gasteiger partial charge in [-0.3, -0.25) is 0 Å². The Bertz CT molecular complexity index is 3180. The van der Waals surface area contributed by atoms with Crippen molar-refractivity contribution in [1.82, 2.24) is 15.0 Å². The molecule has 0 aliphatic heterocycles. The highest BCUT2D eigenvalue weighted by molar-refractivity contribution is 6.20. The fourth-order valence-electron chi connectivity index (χ4n) is 9.84. The summed E-state index contributed by atoms with van der Waals surface area (Å²) in [5.41, 5.74) is 15.0. The number of benzene rings is 9. The molecule has 0 saturated heterocycles. The van der Waals surface area contributed by atoms with Crippen molar-refractivity contribution in [2.45, 2.75) is 5.41 Å². The van der Waals surface area contributed by atoms with E-state index in [2.05, 4.69) is 164 Å². The van der Waals surface area contributed by atoms with Crippen LogP contribution >= 0.6 is 0 Å². The first-order chi connectivity index (χ1) is 28.3. The molecule has 2 aliphatic carbocycles. The summed E-state index contributed by atoms with van der Waals surface area (Å²) in [6.45, 7) is 0. The van der Waals surface area contributed by atoms with Crippen molar-refractivity contribution >= 4 is 21.5 Å². The Morgan fingerprint density at radius 1 is 0.281 bits per heavy atom. The fraction of sp³-hybridized carbons (Fsp3) is 0.0185. The van der Waals surface area contributed by atoms with Crippen LogP contribution in [0.4, 0.5) is 0 Å². The summed E-state index contributed by atoms with van der Waals surface area (Å²) in [5, 5.41) is 5.16. The molecule has 0 N–H and O–H groups in total. The zero-order valence-electron chi connectivity index (χ0n) is 30.9. The maximum Gasteiger partial charge on any atom is 0.164 e. The lowest BCUT2D eigenvalue weighted by atomic mass is 9.68. The Morgan fingerprint density at radius 3 is 1.40 bits per heavy atom. The molecule has 1 atom stereocenters. The van der Waals surface area contributed by atoms with Crippen LogP contribution in [0.2, 0.25) is 0 Å². The zero-order chi connectivity index (χ0) is 37.5. The summed E-state index contributed by atoms with van der Waals surface area (Å²) in [6, 6.07) is 72.1. The van der Waals surface area contributed by atoms with Gasteiger partial charge in [-0.25, -0.2) is 15.0 Å². The molecule has 1 unspecified atom stereocenters. The summed E-state index contributed by atoms with van der Waals surface area (Å²) in [5.74, 6) is 1.94. The number of rotatable bonds is 4. The minimum absolute atomic E-state index is 0.527. The van der Waals surface area contributed by atoms with Crippen molar-refractivity contribution in [2.24, 2.45) is 0 Å². The molecule has 0 amide bonds. The average Bonchev–Trinajstić information content (AvgIpc) is 3.77. The molecule has 2 aliphatic rings. The molecule has 12 rings (SSSR count). The molecule has 57 heavy (non-hydrogen) atoms. The largest absolute Gasteiger partial charge is 0.208 e. The van der Waals surface area contributed by atoms with Crippen LogP contribution in [-0.4, -0.2) is 15.0 Å². The minimum Gasteiger partial charge on any atom is -0.208 e. The highest BCUT2D eigenvalue weighted by atomic mass is 15.0. The van der Waals surface area contributed by atoms with Gasteiger partial charge in [-0.2, -0.15) is 0 Å². The lowest BCUT2D eigenvalue weighted by Crippen LogP contribution is -2.26. The van der Waals surface area contributed by atoms with Crippen molar-refractivity contribution in [3.8, 4) is 67.5 Å². The molecule has 1 spiro atoms. The van der Waals surface area contributed by atoms with Crippen LogP contribution in [0.15, 0.2) is 200 Å². The van der Waals surface area contributed by atoms with Crippen molar-refractivity contribution in [1.29, 1.82) is 0 Å². The van der Waals surface area contributed by atoms with Crippen LogP contribution in [0.3, 0.4) is 0 Å². The fourth-order valence-corrected chi connectivity index (χ4v) is 9.84. The van der Waals surface area contributed by atoms with E-state index in [0.717, 1.165) is 27.8 Å². The van der Waals surface area contributed by atoms with Gasteiger partial charge in [0.15, 0.2) is 17.5 Å². The van der Waals surface area contributed by atoms with Crippen molar-refractivity contribution < 1.29 is 0 Å². The van der Waals surface area contributed by atoms with Gasteiger partial charge in [-0.05, 0) is 83.2 Å². The summed E-state index contributed by atoms with van der Waals surface area (Å²) in [6.07, 6.45) is 0. The van der Waals surface area contributed by atoms with Gasteiger partial charge in [0, 0.05) is 16.7 Å². The van der Waals surface area contributed by atoms with Gasteiger partial charge in [0.1, 0.15) is 0 Å². The number of nitrogens with zero attached hydrogens (tertiary/aromatic N) is 3. The third-order valence-corrected chi connectivity index (χ3v) is 12.1. The lowest BCUT2D eigenvalue weighted by Gasteiger charge is -2.32. The van der Waals surface area contributed by atoms with E-state index >= 15 is 0 Å². The van der Waals surface area contributed by atoms with E-state index in [1.807, 2.05) is 36.4 Å². The molecule has 1 heterocycles. The van der Waals surface area contributed by atoms with Gasteiger partial charge in [-0.15, -0.1) is 0 Å². The monoisotopic (exact) mass is 723 g/mol. The van der Waals surface area contributed by atoms with E-state index < -0.39 is 5.41 Å². The predicted molar refractivity (Wildman–Crippen MR) is 233 cm³/mol. The van der Waals surface area contributed by atoms with E-state index in [1.165, 1.54) is 66.1 Å². The highest BCUT2D eigenvalue weighted by Gasteiger charge is 2.53. The van der Waals surface area contributed by atoms with Gasteiger partial charge >= 0.3 is 0 Å². The van der Waals surface area contributed by atoms with Gasteiger partial charge in [0.2, 0.25) is 0 Å². The van der Waals surface area contributed by atoms with E-state index in [9.17, 15) is 0 Å². The SMILES string of the molecule is c1ccc(-c2nc(-c3ccccc3)nc(-c3ccccc3-c3ccc4c(c3)C3(c5ccccc5-4)c4ccccc4-c4c3c3ccccc3c3ccccc43)n2)cc1. The molecule has 10 aromatic rings. The van der Waals surface area contributed by atoms with Crippen LogP contribution < -0.4 is 0 Å². The van der Waals surface area contributed by atoms with Crippen molar-refractivity contribution in [3.63, 3.8) is 0 Å². The van der Waals surface area contributed by atoms with E-state index in [4.69, 9.17) is 15.0 Å². The van der Waals surface area contributed by atoms with Crippen LogP contribution in [-0.2, 0) is 5.41 Å². The second kappa shape index (κ2) is 12.3. The van der Waals surface area contributed by atoms with E-state index in [-0.39, 0.29) is 0 Å². The summed E-state index contributed by atoms with van der Waals surface area (Å²) >= 11 is 0. The van der Waals surface area contributed by atoms with Gasteiger partial charge < -0.3 is 0 Å². The number of aromatic nitrogens is 3. The molecule has 0 bridgehead atoms. The number of hydrogen-bond acceptors (Lipinski definition) is 3. The van der Waals surface area contributed by atoms with Crippen molar-refractivity contribution in [2.75, 3.05) is 0 Å². The summed E-state index contributed by atoms with van der Waals surface area (Å²) < 4.78 is 0. The smallest absolute Gasteiger partial charge is 0.164 e. The maximum atomic E-state index is 5.16. The first kappa shape index (κ1) is 31.8. The van der Waals surface area contributed by atoms with Crippen molar-refractivity contribution in [3.05, 3.63) is 222 Å². The van der Waals surface area contributed by atoms with Crippen LogP contribution in [0.5, 0.6) is 0 Å². The quantitative estimate of drug-likeness (QED) is 0.170. The normalized spacial score (nSPS) is 14.7. The number of hydrogen-bond donors (Lipinski definition) is 0. The van der Waals surface area contributed by atoms with Gasteiger partial charge in [0.25, 0.3) is 0 Å². The molecule has 1 aromatic heterocycles. The molecule has 264 valence electrons. The Labute approximate surface area is 330 Å². The first-order valence-corrected chi connectivity index (χ1v) is 19.5. The van der Waals surface area contributed by atoms with E-state index in [0.29, 0.717) is 17.5 Å². The first-order valence-electron chi connectivity index (χ1n) is 19.5. The van der Waals surface area contributed by atoms with Gasteiger partial charge in [0.05, 0.1) is 5.41 Å². The number of fused-ring (bicyclic) bond motifs is 15. The second-order valence-corrected chi connectivity index (χ2v) is 15.0. The summed E-state index contributed by atoms with van der Waals surface area (Å²) in [4.78, 5) is 15.3. The van der Waals surface area contributed by atoms with Crippen LogP contribution in [0.25, 0.3) is 89.1 Å². The summed E-state index contributed by atoms with van der Waals surface area (Å²) in [7, 11) is 0. The van der Waals surface area contributed by atoms with Crippen LogP contribution in [0.1, 0.15) is 22.3 Å². The predicted octanol–water partition coefficient (Wildman–Crippen LogP) is 13.2. The van der Waals surface area contributed by atoms with Gasteiger partial charge in [-0.1, -0.05) is 194 Å². The standard InChI is InChI=1S/C54H33N3/c1-3-17-34(18-4-1)51-55-52(35-19-5-2-6-20-35)57-53(56-51)44-27-12-7-21-37(44)36-31-32-41-40-24-13-15-29-46(40)54(48(41)33-36)47-30-16-14-28-45(47)49-42-25-10-8-22-38(42)39-23-9-11-26-43(39)50(49)54/h1-33H.